The van der Waals surface area contributed by atoms with Crippen LogP contribution in [0.3, 0.4) is 0 Å². The third kappa shape index (κ3) is 15.5. The maximum atomic E-state index is 13.4. The minimum atomic E-state index is -1.13. The molecule has 0 fully saturated rings. The maximum absolute atomic E-state index is 13.4. The number of primary amides is 1. The number of alkyl carbamates (subject to hydrolysis) is 1. The van der Waals surface area contributed by atoms with E-state index in [1.807, 2.05) is 44.2 Å². The predicted octanol–water partition coefficient (Wildman–Crippen LogP) is 3.56. The Balaban J connectivity index is 2.00. The number of nitrogens with one attached hydrogen (secondary N) is 3. The van der Waals surface area contributed by atoms with Gasteiger partial charge in [-0.25, -0.2) is 9.18 Å². The Morgan fingerprint density at radius 1 is 0.830 bits per heavy atom. The topological polar surface area (TPSA) is 174 Å². The zero-order valence-electron chi connectivity index (χ0n) is 27.8. The van der Waals surface area contributed by atoms with E-state index >= 15 is 0 Å². The van der Waals surface area contributed by atoms with Crippen LogP contribution in [0.1, 0.15) is 71.4 Å². The molecule has 0 aliphatic carbocycles. The van der Waals surface area contributed by atoms with Gasteiger partial charge in [0.25, 0.3) is 0 Å². The molecule has 5 N–H and O–H groups in total. The number of Topliss-reactive ketones (excluding diaryl/α,β-unsaturated/α-hetero) is 2. The second-order valence-corrected chi connectivity index (χ2v) is 13.0. The summed E-state index contributed by atoms with van der Waals surface area (Å²) in [6, 6.07) is 12.4. The van der Waals surface area contributed by atoms with Crippen LogP contribution in [-0.4, -0.2) is 59.6 Å². The lowest BCUT2D eigenvalue weighted by Crippen LogP contribution is -2.50. The van der Waals surface area contributed by atoms with E-state index in [1.54, 1.807) is 20.8 Å². The number of rotatable bonds is 18. The lowest BCUT2D eigenvalue weighted by Gasteiger charge is -2.23. The van der Waals surface area contributed by atoms with Gasteiger partial charge < -0.3 is 26.4 Å². The lowest BCUT2D eigenvalue weighted by atomic mass is 9.88. The summed E-state index contributed by atoms with van der Waals surface area (Å²) in [7, 11) is 0. The molecule has 3 atom stereocenters. The van der Waals surface area contributed by atoms with Gasteiger partial charge in [0.15, 0.2) is 11.6 Å². The smallest absolute Gasteiger partial charge is 0.408 e. The number of carbonyl (C=O) groups is 6. The first-order chi connectivity index (χ1) is 22.0. The van der Waals surface area contributed by atoms with E-state index in [1.165, 1.54) is 24.3 Å². The van der Waals surface area contributed by atoms with Crippen LogP contribution in [0.5, 0.6) is 0 Å². The molecule has 11 nitrogen and oxygen atoms in total. The molecule has 0 heterocycles. The van der Waals surface area contributed by atoms with Gasteiger partial charge >= 0.3 is 6.09 Å². The van der Waals surface area contributed by atoms with Crippen molar-refractivity contribution in [3.8, 4) is 0 Å². The number of ketones is 2. The van der Waals surface area contributed by atoms with Crippen LogP contribution in [0.25, 0.3) is 0 Å². The molecule has 0 bridgehead atoms. The second kappa shape index (κ2) is 18.5. The van der Waals surface area contributed by atoms with E-state index in [0.717, 1.165) is 5.56 Å². The molecule has 2 rings (SSSR count). The predicted molar refractivity (Wildman–Crippen MR) is 174 cm³/mol. The monoisotopic (exact) mass is 654 g/mol. The third-order valence-electron chi connectivity index (χ3n) is 7.06. The number of hydrogen-bond acceptors (Lipinski definition) is 7. The maximum Gasteiger partial charge on any atom is 0.408 e. The highest BCUT2D eigenvalue weighted by molar-refractivity contribution is 5.94. The molecule has 2 aromatic rings. The molecule has 0 saturated heterocycles. The van der Waals surface area contributed by atoms with Crippen molar-refractivity contribution in [3.63, 3.8) is 0 Å². The van der Waals surface area contributed by atoms with E-state index in [-0.39, 0.29) is 43.8 Å². The fraction of sp³-hybridized carbons (Fsp3) is 0.486. The van der Waals surface area contributed by atoms with Crippen molar-refractivity contribution in [1.29, 1.82) is 0 Å². The van der Waals surface area contributed by atoms with Gasteiger partial charge in [-0.3, -0.25) is 24.0 Å². The molecule has 4 amide bonds. The second-order valence-electron chi connectivity index (χ2n) is 13.0. The average Bonchev–Trinajstić information content (AvgIpc) is 2.98. The van der Waals surface area contributed by atoms with Gasteiger partial charge in [-0.05, 0) is 62.8 Å². The number of hydrogen-bond donors (Lipinski definition) is 4. The van der Waals surface area contributed by atoms with Crippen molar-refractivity contribution in [3.05, 3.63) is 71.5 Å². The summed E-state index contributed by atoms with van der Waals surface area (Å²) in [6.45, 7) is 8.44. The van der Waals surface area contributed by atoms with Crippen molar-refractivity contribution < 1.29 is 37.9 Å². The molecule has 2 unspecified atom stereocenters. The Morgan fingerprint density at radius 2 is 1.43 bits per heavy atom. The van der Waals surface area contributed by atoms with Crippen LogP contribution < -0.4 is 21.7 Å². The zero-order chi connectivity index (χ0) is 35.1. The largest absolute Gasteiger partial charge is 0.444 e. The van der Waals surface area contributed by atoms with Crippen LogP contribution in [0, 0.1) is 17.7 Å². The first-order valence-corrected chi connectivity index (χ1v) is 15.7. The molecular weight excluding hydrogens is 607 g/mol. The van der Waals surface area contributed by atoms with Crippen molar-refractivity contribution >= 4 is 35.4 Å². The van der Waals surface area contributed by atoms with Gasteiger partial charge in [0.1, 0.15) is 17.5 Å². The summed E-state index contributed by atoms with van der Waals surface area (Å²) >= 11 is 0. The molecule has 0 aliphatic rings. The fourth-order valence-electron chi connectivity index (χ4n) is 4.78. The highest BCUT2D eigenvalue weighted by Gasteiger charge is 2.28. The molecule has 0 aromatic heterocycles. The Kier molecular flexibility index (Phi) is 15.2. The van der Waals surface area contributed by atoms with Gasteiger partial charge in [0, 0.05) is 31.6 Å². The van der Waals surface area contributed by atoms with E-state index in [4.69, 9.17) is 10.5 Å². The van der Waals surface area contributed by atoms with Crippen LogP contribution in [0.15, 0.2) is 54.6 Å². The first kappa shape index (κ1) is 38.6. The van der Waals surface area contributed by atoms with Gasteiger partial charge in [0.2, 0.25) is 17.7 Å². The fourth-order valence-corrected chi connectivity index (χ4v) is 4.78. The van der Waals surface area contributed by atoms with Crippen LogP contribution in [0.2, 0.25) is 0 Å². The van der Waals surface area contributed by atoms with Crippen molar-refractivity contribution in [2.45, 2.75) is 90.8 Å². The standard InChI is InChI=1S/C35H47FN4O7/c1-22(2)17-25(32(37)44)20-30(42)28(18-23-9-7-6-8-10-23)39-31(43)16-15-27(41)21-38-33(45)29(40-34(46)47-35(3,4)5)19-24-11-13-26(36)14-12-24/h6-14,22,25,28-29H,15-21H2,1-5H3,(H2,37,44)(H,38,45)(H,39,43)(H,40,46)/t25?,28?,29-/m1/s1. The minimum Gasteiger partial charge on any atom is -0.444 e. The highest BCUT2D eigenvalue weighted by Crippen LogP contribution is 2.18. The summed E-state index contributed by atoms with van der Waals surface area (Å²) in [5, 5.41) is 7.68. The quantitative estimate of drug-likeness (QED) is 0.190. The Labute approximate surface area is 275 Å². The van der Waals surface area contributed by atoms with Crippen LogP contribution in [0.4, 0.5) is 9.18 Å². The number of halogens is 1. The number of nitrogens with two attached hydrogens (primary N) is 1. The normalized spacial score (nSPS) is 13.2. The SMILES string of the molecule is CC(C)CC(CC(=O)C(Cc1ccccc1)NC(=O)CCC(=O)CNC(=O)[C@@H](Cc1ccc(F)cc1)NC(=O)OC(C)(C)C)C(N)=O. The Hall–Kier alpha value is -4.61. The van der Waals surface area contributed by atoms with Crippen LogP contribution >= 0.6 is 0 Å². The average molecular weight is 655 g/mol. The summed E-state index contributed by atoms with van der Waals surface area (Å²) in [5.74, 6) is -3.57. The Bertz CT molecular complexity index is 1370. The van der Waals surface area contributed by atoms with Gasteiger partial charge in [-0.15, -0.1) is 0 Å². The number of amides is 4. The Morgan fingerprint density at radius 3 is 2.00 bits per heavy atom. The first-order valence-electron chi connectivity index (χ1n) is 15.7. The van der Waals surface area contributed by atoms with Crippen LogP contribution in [-0.2, 0) is 41.6 Å². The number of ether oxygens (including phenoxy) is 1. The zero-order valence-corrected chi connectivity index (χ0v) is 27.8. The van der Waals surface area contributed by atoms with E-state index in [0.29, 0.717) is 12.0 Å². The summed E-state index contributed by atoms with van der Waals surface area (Å²) in [6.07, 6.45) is -0.785. The summed E-state index contributed by atoms with van der Waals surface area (Å²) in [4.78, 5) is 76.2. The van der Waals surface area contributed by atoms with Crippen molar-refractivity contribution in [2.24, 2.45) is 17.6 Å². The summed E-state index contributed by atoms with van der Waals surface area (Å²) < 4.78 is 18.6. The van der Waals surface area contributed by atoms with Gasteiger partial charge in [0.05, 0.1) is 12.6 Å². The van der Waals surface area contributed by atoms with Gasteiger partial charge in [-0.1, -0.05) is 56.3 Å². The molecule has 0 aliphatic heterocycles. The van der Waals surface area contributed by atoms with Gasteiger partial charge in [-0.2, -0.15) is 0 Å². The van der Waals surface area contributed by atoms with Crippen molar-refractivity contribution in [1.82, 2.24) is 16.0 Å². The molecule has 0 saturated carbocycles. The molecule has 2 aromatic carbocycles. The molecule has 256 valence electrons. The van der Waals surface area contributed by atoms with E-state index < -0.39 is 65.6 Å². The van der Waals surface area contributed by atoms with E-state index in [2.05, 4.69) is 16.0 Å². The summed E-state index contributed by atoms with van der Waals surface area (Å²) in [5.41, 5.74) is 6.09. The number of carbonyl (C=O) groups excluding carboxylic acids is 6. The van der Waals surface area contributed by atoms with E-state index in [9.17, 15) is 33.2 Å². The highest BCUT2D eigenvalue weighted by atomic mass is 19.1. The molecule has 0 radical (unpaired) electrons. The molecule has 12 heteroatoms. The molecule has 47 heavy (non-hydrogen) atoms. The minimum absolute atomic E-state index is 0.00651. The van der Waals surface area contributed by atoms with Crippen molar-refractivity contribution in [2.75, 3.05) is 6.54 Å². The molecular formula is C35H47FN4O7. The molecule has 0 spiro atoms. The number of benzene rings is 2. The lowest BCUT2D eigenvalue weighted by molar-refractivity contribution is -0.131. The third-order valence-corrected chi connectivity index (χ3v) is 7.06.